The Morgan fingerprint density at radius 1 is 1.09 bits per heavy atom. The molecule has 4 heteroatoms. The number of hydrogen-bond donors (Lipinski definition) is 0. The molecular formula is C18H26O4. The van der Waals surface area contributed by atoms with Crippen molar-refractivity contribution in [1.82, 2.24) is 0 Å². The topological polar surface area (TPSA) is 36.9 Å². The van der Waals surface area contributed by atoms with E-state index in [4.69, 9.17) is 18.9 Å². The van der Waals surface area contributed by atoms with Crippen molar-refractivity contribution in [2.45, 2.75) is 50.4 Å². The largest absolute Gasteiger partial charge is 0.374 e. The Hall–Kier alpha value is -0.940. The van der Waals surface area contributed by atoms with Crippen LogP contribution in [0, 0.1) is 0 Å². The lowest BCUT2D eigenvalue weighted by atomic mass is 9.93. The summed E-state index contributed by atoms with van der Waals surface area (Å²) in [6, 6.07) is 10.3. The summed E-state index contributed by atoms with van der Waals surface area (Å²) in [5.74, 6) is 0. The van der Waals surface area contributed by atoms with Crippen molar-refractivity contribution in [2.24, 2.45) is 0 Å². The molecule has 0 aromatic heterocycles. The predicted molar refractivity (Wildman–Crippen MR) is 83.6 cm³/mol. The van der Waals surface area contributed by atoms with Crippen molar-refractivity contribution in [3.63, 3.8) is 0 Å². The predicted octanol–water partition coefficient (Wildman–Crippen LogP) is 3.30. The first kappa shape index (κ1) is 15.9. The van der Waals surface area contributed by atoms with Gasteiger partial charge < -0.3 is 18.9 Å². The van der Waals surface area contributed by atoms with Gasteiger partial charge in [-0.25, -0.2) is 0 Å². The van der Waals surface area contributed by atoms with Gasteiger partial charge in [-0.2, -0.15) is 0 Å². The van der Waals surface area contributed by atoms with Crippen LogP contribution in [-0.4, -0.2) is 37.8 Å². The lowest BCUT2D eigenvalue weighted by Crippen LogP contribution is -2.41. The Kier molecular flexibility index (Phi) is 5.14. The maximum absolute atomic E-state index is 6.51. The molecule has 0 bridgehead atoms. The second-order valence-corrected chi connectivity index (χ2v) is 6.42. The molecule has 2 fully saturated rings. The van der Waals surface area contributed by atoms with E-state index in [1.165, 1.54) is 5.56 Å². The summed E-state index contributed by atoms with van der Waals surface area (Å²) in [6.07, 6.45) is 3.93. The SMILES string of the molecule is CCC1(COCc2ccccc2)CCC2(CCOCOC2)O1. The first-order chi connectivity index (χ1) is 10.8. The summed E-state index contributed by atoms with van der Waals surface area (Å²) >= 11 is 0. The fourth-order valence-corrected chi connectivity index (χ4v) is 3.35. The fraction of sp³-hybridized carbons (Fsp3) is 0.667. The van der Waals surface area contributed by atoms with Gasteiger partial charge in [0.1, 0.15) is 6.79 Å². The Morgan fingerprint density at radius 3 is 2.77 bits per heavy atom. The van der Waals surface area contributed by atoms with Gasteiger partial charge in [0, 0.05) is 6.42 Å². The molecule has 2 atom stereocenters. The van der Waals surface area contributed by atoms with Gasteiger partial charge in [0.15, 0.2) is 0 Å². The van der Waals surface area contributed by atoms with Gasteiger partial charge in [0.05, 0.1) is 37.6 Å². The summed E-state index contributed by atoms with van der Waals surface area (Å²) in [6.45, 7) is 5.19. The van der Waals surface area contributed by atoms with Gasteiger partial charge in [-0.05, 0) is 24.8 Å². The minimum absolute atomic E-state index is 0.178. The zero-order valence-corrected chi connectivity index (χ0v) is 13.4. The zero-order chi connectivity index (χ0) is 15.3. The standard InChI is InChI=1S/C18H26O4/c1-2-17(13-20-12-16-6-4-3-5-7-16)8-9-18(22-17)10-11-19-15-21-14-18/h3-7H,2,8-15H2,1H3. The average Bonchev–Trinajstić information content (AvgIpc) is 2.75. The molecule has 4 nitrogen and oxygen atoms in total. The molecule has 3 rings (SSSR count). The Labute approximate surface area is 132 Å². The molecule has 22 heavy (non-hydrogen) atoms. The van der Waals surface area contributed by atoms with E-state index in [-0.39, 0.29) is 11.2 Å². The van der Waals surface area contributed by atoms with Crippen molar-refractivity contribution in [3.8, 4) is 0 Å². The third kappa shape index (κ3) is 3.69. The van der Waals surface area contributed by atoms with Crippen LogP contribution in [0.5, 0.6) is 0 Å². The van der Waals surface area contributed by atoms with Crippen LogP contribution in [0.15, 0.2) is 30.3 Å². The number of ether oxygens (including phenoxy) is 4. The quantitative estimate of drug-likeness (QED) is 0.836. The molecule has 2 saturated heterocycles. The molecule has 1 aromatic rings. The molecule has 2 heterocycles. The molecule has 122 valence electrons. The molecule has 2 aliphatic rings. The van der Waals surface area contributed by atoms with E-state index < -0.39 is 0 Å². The summed E-state index contributed by atoms with van der Waals surface area (Å²) in [7, 11) is 0. The van der Waals surface area contributed by atoms with Crippen LogP contribution in [0.4, 0.5) is 0 Å². The van der Waals surface area contributed by atoms with Gasteiger partial charge in [0.25, 0.3) is 0 Å². The van der Waals surface area contributed by atoms with Crippen molar-refractivity contribution in [2.75, 3.05) is 26.6 Å². The monoisotopic (exact) mass is 306 g/mol. The van der Waals surface area contributed by atoms with Crippen LogP contribution in [0.2, 0.25) is 0 Å². The van der Waals surface area contributed by atoms with Crippen LogP contribution in [0.25, 0.3) is 0 Å². The Balaban J connectivity index is 1.56. The molecule has 2 aliphatic heterocycles. The molecular weight excluding hydrogens is 280 g/mol. The minimum Gasteiger partial charge on any atom is -0.374 e. The maximum Gasteiger partial charge on any atom is 0.146 e. The van der Waals surface area contributed by atoms with Crippen molar-refractivity contribution < 1.29 is 18.9 Å². The van der Waals surface area contributed by atoms with Crippen molar-refractivity contribution in [3.05, 3.63) is 35.9 Å². The van der Waals surface area contributed by atoms with Crippen LogP contribution >= 0.6 is 0 Å². The zero-order valence-electron chi connectivity index (χ0n) is 13.4. The van der Waals surface area contributed by atoms with E-state index >= 15 is 0 Å². The third-order valence-electron chi connectivity index (χ3n) is 4.82. The van der Waals surface area contributed by atoms with E-state index in [2.05, 4.69) is 19.1 Å². The number of hydrogen-bond acceptors (Lipinski definition) is 4. The van der Waals surface area contributed by atoms with Gasteiger partial charge in [-0.3, -0.25) is 0 Å². The first-order valence-electron chi connectivity index (χ1n) is 8.23. The lowest BCUT2D eigenvalue weighted by molar-refractivity contribution is -0.160. The van der Waals surface area contributed by atoms with E-state index in [1.807, 2.05) is 18.2 Å². The van der Waals surface area contributed by atoms with Crippen molar-refractivity contribution in [1.29, 1.82) is 0 Å². The van der Waals surface area contributed by atoms with Crippen molar-refractivity contribution >= 4 is 0 Å². The lowest BCUT2D eigenvalue weighted by Gasteiger charge is -2.33. The second kappa shape index (κ2) is 7.09. The van der Waals surface area contributed by atoms with Crippen LogP contribution in [0.3, 0.4) is 0 Å². The van der Waals surface area contributed by atoms with Crippen LogP contribution in [0.1, 0.15) is 38.2 Å². The Bertz CT molecular complexity index is 453. The molecule has 0 saturated carbocycles. The molecule has 0 radical (unpaired) electrons. The van der Waals surface area contributed by atoms with Gasteiger partial charge in [-0.1, -0.05) is 37.3 Å². The number of benzene rings is 1. The van der Waals surface area contributed by atoms with E-state index in [9.17, 15) is 0 Å². The summed E-state index contributed by atoms with van der Waals surface area (Å²) in [5, 5.41) is 0. The van der Waals surface area contributed by atoms with Gasteiger partial charge in [-0.15, -0.1) is 0 Å². The smallest absolute Gasteiger partial charge is 0.146 e. The molecule has 2 unspecified atom stereocenters. The second-order valence-electron chi connectivity index (χ2n) is 6.42. The van der Waals surface area contributed by atoms with Gasteiger partial charge >= 0.3 is 0 Å². The highest BCUT2D eigenvalue weighted by atomic mass is 16.7. The van der Waals surface area contributed by atoms with Crippen LogP contribution < -0.4 is 0 Å². The highest BCUT2D eigenvalue weighted by molar-refractivity contribution is 5.13. The first-order valence-corrected chi connectivity index (χ1v) is 8.23. The molecule has 1 spiro atoms. The molecule has 1 aromatic carbocycles. The number of rotatable bonds is 5. The van der Waals surface area contributed by atoms with E-state index in [1.54, 1.807) is 0 Å². The molecule has 0 aliphatic carbocycles. The van der Waals surface area contributed by atoms with E-state index in [0.717, 1.165) is 25.7 Å². The Morgan fingerprint density at radius 2 is 1.95 bits per heavy atom. The fourth-order valence-electron chi connectivity index (χ4n) is 3.35. The van der Waals surface area contributed by atoms with Crippen LogP contribution in [-0.2, 0) is 25.6 Å². The summed E-state index contributed by atoms with van der Waals surface area (Å²) < 4.78 is 23.4. The summed E-state index contributed by atoms with van der Waals surface area (Å²) in [4.78, 5) is 0. The van der Waals surface area contributed by atoms with E-state index in [0.29, 0.717) is 33.2 Å². The van der Waals surface area contributed by atoms with Gasteiger partial charge in [0.2, 0.25) is 0 Å². The molecule has 0 amide bonds. The average molecular weight is 306 g/mol. The third-order valence-corrected chi connectivity index (χ3v) is 4.82. The highest BCUT2D eigenvalue weighted by Gasteiger charge is 2.49. The maximum atomic E-state index is 6.51. The normalized spacial score (nSPS) is 32.2. The molecule has 0 N–H and O–H groups in total. The summed E-state index contributed by atoms with van der Waals surface area (Å²) in [5.41, 5.74) is 0.845. The highest BCUT2D eigenvalue weighted by Crippen LogP contribution is 2.43. The minimum atomic E-state index is -0.178.